The number of unbranched alkanes of at least 4 members (excludes halogenated alkanes) is 7. The van der Waals surface area contributed by atoms with E-state index in [0.717, 1.165) is 43.4 Å². The van der Waals surface area contributed by atoms with E-state index in [0.29, 0.717) is 11.3 Å². The molecule has 0 aliphatic carbocycles. The topological polar surface area (TPSA) is 35.5 Å². The van der Waals surface area contributed by atoms with Gasteiger partial charge in [0.15, 0.2) is 0 Å². The Balaban J connectivity index is 1.78. The second-order valence-electron chi connectivity index (χ2n) is 8.36. The molecule has 0 radical (unpaired) electrons. The third-order valence-electron chi connectivity index (χ3n) is 5.71. The lowest BCUT2D eigenvalue weighted by Crippen LogP contribution is -2.10. The predicted molar refractivity (Wildman–Crippen MR) is 129 cm³/mol. The van der Waals surface area contributed by atoms with Crippen molar-refractivity contribution in [3.05, 3.63) is 65.2 Å². The standard InChI is InChI=1S/C28H40O3/c1-4-6-8-9-10-11-14-22-30-23(3)24-18-20-26(21-19-24)28(29)31-27-17-13-12-16-25(27)15-7-5-2/h12-13,16-21,23H,4-11,14-15,22H2,1-3H3. The summed E-state index contributed by atoms with van der Waals surface area (Å²) in [6, 6.07) is 15.4. The van der Waals surface area contributed by atoms with Crippen LogP contribution in [-0.2, 0) is 11.2 Å². The number of carbonyl (C=O) groups is 1. The van der Waals surface area contributed by atoms with E-state index in [2.05, 4.69) is 20.8 Å². The van der Waals surface area contributed by atoms with E-state index < -0.39 is 0 Å². The minimum Gasteiger partial charge on any atom is -0.423 e. The van der Waals surface area contributed by atoms with Crippen molar-refractivity contribution >= 4 is 5.97 Å². The number of para-hydroxylation sites is 1. The number of hydrogen-bond acceptors (Lipinski definition) is 3. The molecule has 1 atom stereocenters. The van der Waals surface area contributed by atoms with Gasteiger partial charge in [0.2, 0.25) is 0 Å². The lowest BCUT2D eigenvalue weighted by molar-refractivity contribution is 0.0626. The second-order valence-corrected chi connectivity index (χ2v) is 8.36. The fourth-order valence-corrected chi connectivity index (χ4v) is 3.64. The van der Waals surface area contributed by atoms with Crippen molar-refractivity contribution in [3.8, 4) is 5.75 Å². The van der Waals surface area contributed by atoms with Crippen molar-refractivity contribution in [2.45, 2.75) is 91.1 Å². The average molecular weight is 425 g/mol. The third-order valence-corrected chi connectivity index (χ3v) is 5.71. The zero-order valence-electron chi connectivity index (χ0n) is 19.7. The molecule has 0 bridgehead atoms. The van der Waals surface area contributed by atoms with E-state index in [9.17, 15) is 4.79 Å². The van der Waals surface area contributed by atoms with Crippen molar-refractivity contribution in [2.75, 3.05) is 6.61 Å². The molecule has 1 unspecified atom stereocenters. The van der Waals surface area contributed by atoms with E-state index in [1.807, 2.05) is 48.5 Å². The van der Waals surface area contributed by atoms with Gasteiger partial charge in [-0.05, 0) is 55.5 Å². The van der Waals surface area contributed by atoms with Crippen molar-refractivity contribution in [3.63, 3.8) is 0 Å². The monoisotopic (exact) mass is 424 g/mol. The van der Waals surface area contributed by atoms with Gasteiger partial charge in [0.05, 0.1) is 11.7 Å². The van der Waals surface area contributed by atoms with E-state index in [1.54, 1.807) is 0 Å². The molecule has 0 amide bonds. The zero-order valence-corrected chi connectivity index (χ0v) is 19.7. The fourth-order valence-electron chi connectivity index (χ4n) is 3.64. The van der Waals surface area contributed by atoms with Crippen LogP contribution in [0.25, 0.3) is 0 Å². The SMILES string of the molecule is CCCCCCCCCOC(C)c1ccc(C(=O)Oc2ccccc2CCCC)cc1. The van der Waals surface area contributed by atoms with Crippen molar-refractivity contribution in [2.24, 2.45) is 0 Å². The molecule has 2 aromatic carbocycles. The van der Waals surface area contributed by atoms with Gasteiger partial charge in [0.25, 0.3) is 0 Å². The molecule has 2 aromatic rings. The number of rotatable bonds is 15. The molecule has 0 saturated heterocycles. The molecule has 2 rings (SSSR count). The van der Waals surface area contributed by atoms with Crippen molar-refractivity contribution in [1.29, 1.82) is 0 Å². The molecule has 0 aliphatic heterocycles. The highest BCUT2D eigenvalue weighted by molar-refractivity contribution is 5.91. The lowest BCUT2D eigenvalue weighted by atomic mass is 10.1. The van der Waals surface area contributed by atoms with Crippen LogP contribution in [0.5, 0.6) is 5.75 Å². The highest BCUT2D eigenvalue weighted by Crippen LogP contribution is 2.23. The Hall–Kier alpha value is -2.13. The maximum absolute atomic E-state index is 12.6. The van der Waals surface area contributed by atoms with Gasteiger partial charge in [0.1, 0.15) is 5.75 Å². The summed E-state index contributed by atoms with van der Waals surface area (Å²) < 4.78 is 11.7. The van der Waals surface area contributed by atoms with Gasteiger partial charge in [-0.25, -0.2) is 4.79 Å². The normalized spacial score (nSPS) is 12.0. The highest BCUT2D eigenvalue weighted by atomic mass is 16.5. The molecule has 0 aromatic heterocycles. The van der Waals surface area contributed by atoms with E-state index in [4.69, 9.17) is 9.47 Å². The minimum absolute atomic E-state index is 0.0277. The Kier molecular flexibility index (Phi) is 12.0. The smallest absolute Gasteiger partial charge is 0.343 e. The number of hydrogen-bond donors (Lipinski definition) is 0. The molecule has 0 aliphatic rings. The molecule has 0 heterocycles. The molecule has 3 heteroatoms. The number of ether oxygens (including phenoxy) is 2. The van der Waals surface area contributed by atoms with Crippen molar-refractivity contribution < 1.29 is 14.3 Å². The molecular weight excluding hydrogens is 384 g/mol. The van der Waals surface area contributed by atoms with E-state index >= 15 is 0 Å². The zero-order chi connectivity index (χ0) is 22.3. The molecule has 0 spiro atoms. The summed E-state index contributed by atoms with van der Waals surface area (Å²) in [6.45, 7) is 7.26. The first kappa shape index (κ1) is 25.1. The second kappa shape index (κ2) is 14.8. The van der Waals surface area contributed by atoms with Crippen LogP contribution in [0.3, 0.4) is 0 Å². The maximum atomic E-state index is 12.6. The van der Waals surface area contributed by atoms with Crippen LogP contribution < -0.4 is 4.74 Å². The Bertz CT molecular complexity index is 751. The molecule has 0 fully saturated rings. The molecule has 0 N–H and O–H groups in total. The van der Waals surface area contributed by atoms with Crippen LogP contribution in [0.1, 0.15) is 106 Å². The quantitative estimate of drug-likeness (QED) is 0.165. The van der Waals surface area contributed by atoms with Gasteiger partial charge in [0, 0.05) is 6.61 Å². The predicted octanol–water partition coefficient (Wildman–Crippen LogP) is 8.08. The van der Waals surface area contributed by atoms with Crippen LogP contribution in [-0.4, -0.2) is 12.6 Å². The summed E-state index contributed by atoms with van der Waals surface area (Å²) >= 11 is 0. The van der Waals surface area contributed by atoms with Gasteiger partial charge in [-0.2, -0.15) is 0 Å². The Morgan fingerprint density at radius 2 is 1.45 bits per heavy atom. The molecule has 170 valence electrons. The number of carbonyl (C=O) groups excluding carboxylic acids is 1. The molecule has 0 saturated carbocycles. The van der Waals surface area contributed by atoms with E-state index in [1.165, 1.54) is 38.5 Å². The fraction of sp³-hybridized carbons (Fsp3) is 0.536. The van der Waals surface area contributed by atoms with Crippen LogP contribution >= 0.6 is 0 Å². The summed E-state index contributed by atoms with van der Waals surface area (Å²) in [5, 5.41) is 0. The largest absolute Gasteiger partial charge is 0.423 e. The third kappa shape index (κ3) is 9.26. The van der Waals surface area contributed by atoms with Crippen molar-refractivity contribution in [1.82, 2.24) is 0 Å². The lowest BCUT2D eigenvalue weighted by Gasteiger charge is -2.14. The summed E-state index contributed by atoms with van der Waals surface area (Å²) in [6.07, 6.45) is 12.1. The maximum Gasteiger partial charge on any atom is 0.343 e. The first-order valence-electron chi connectivity index (χ1n) is 12.2. The van der Waals surface area contributed by atoms with Gasteiger partial charge in [-0.3, -0.25) is 0 Å². The van der Waals surface area contributed by atoms with E-state index in [-0.39, 0.29) is 12.1 Å². The number of benzene rings is 2. The summed E-state index contributed by atoms with van der Waals surface area (Å²) in [5.41, 5.74) is 2.73. The highest BCUT2D eigenvalue weighted by Gasteiger charge is 2.13. The first-order chi connectivity index (χ1) is 15.2. The molecular formula is C28H40O3. The summed E-state index contributed by atoms with van der Waals surface area (Å²) in [7, 11) is 0. The molecule has 31 heavy (non-hydrogen) atoms. The number of esters is 1. The van der Waals surface area contributed by atoms with Gasteiger partial charge < -0.3 is 9.47 Å². The summed E-state index contributed by atoms with van der Waals surface area (Å²) in [4.78, 5) is 12.6. The van der Waals surface area contributed by atoms with Gasteiger partial charge >= 0.3 is 5.97 Å². The van der Waals surface area contributed by atoms with Crippen LogP contribution in [0.2, 0.25) is 0 Å². The Morgan fingerprint density at radius 3 is 2.16 bits per heavy atom. The summed E-state index contributed by atoms with van der Waals surface area (Å²) in [5.74, 6) is 0.351. The molecule has 3 nitrogen and oxygen atoms in total. The number of aryl methyl sites for hydroxylation is 1. The average Bonchev–Trinajstić information content (AvgIpc) is 2.80. The van der Waals surface area contributed by atoms with Gasteiger partial charge in [-0.15, -0.1) is 0 Å². The Morgan fingerprint density at radius 1 is 0.806 bits per heavy atom. The van der Waals surface area contributed by atoms with Crippen LogP contribution in [0.15, 0.2) is 48.5 Å². The minimum atomic E-state index is -0.313. The van der Waals surface area contributed by atoms with Gasteiger partial charge in [-0.1, -0.05) is 89.1 Å². The first-order valence-corrected chi connectivity index (χ1v) is 12.2. The Labute approximate surface area is 189 Å². The van der Waals surface area contributed by atoms with Crippen LogP contribution in [0.4, 0.5) is 0 Å². The van der Waals surface area contributed by atoms with Crippen LogP contribution in [0, 0.1) is 0 Å².